The van der Waals surface area contributed by atoms with Gasteiger partial charge in [0, 0.05) is 0 Å². The van der Waals surface area contributed by atoms with Crippen LogP contribution in [-0.2, 0) is 6.42 Å². The Kier molecular flexibility index (Phi) is 4.06. The highest BCUT2D eigenvalue weighted by Crippen LogP contribution is 2.44. The van der Waals surface area contributed by atoms with Crippen LogP contribution in [0.4, 0.5) is 0 Å². The van der Waals surface area contributed by atoms with Crippen LogP contribution in [0, 0.1) is 0 Å². The fourth-order valence-corrected chi connectivity index (χ4v) is 4.27. The third-order valence-corrected chi connectivity index (χ3v) is 5.15. The molecule has 0 radical (unpaired) electrons. The van der Waals surface area contributed by atoms with Crippen molar-refractivity contribution >= 4 is 0 Å². The van der Waals surface area contributed by atoms with Gasteiger partial charge in [0.15, 0.2) is 0 Å². The summed E-state index contributed by atoms with van der Waals surface area (Å²) in [5, 5.41) is 0. The molecule has 2 fully saturated rings. The summed E-state index contributed by atoms with van der Waals surface area (Å²) in [5.41, 5.74) is 4.99. The molecule has 3 rings (SSSR count). The van der Waals surface area contributed by atoms with Crippen LogP contribution < -0.4 is 0 Å². The van der Waals surface area contributed by atoms with Gasteiger partial charge in [-0.1, -0.05) is 50.0 Å². The molecule has 0 N–H and O–H groups in total. The smallest absolute Gasteiger partial charge is 0.00972 e. The largest absolute Gasteiger partial charge is 0.103 e. The first kappa shape index (κ1) is 13.0. The van der Waals surface area contributed by atoms with Gasteiger partial charge in [-0.3, -0.25) is 0 Å². The second kappa shape index (κ2) is 5.94. The quantitative estimate of drug-likeness (QED) is 0.602. The molecule has 1 aromatic rings. The maximum Gasteiger partial charge on any atom is -0.00972 e. The van der Waals surface area contributed by atoms with Crippen LogP contribution in [0.1, 0.15) is 79.9 Å². The molecule has 102 valence electrons. The number of allylic oxidation sites excluding steroid dienone is 1. The summed E-state index contributed by atoms with van der Waals surface area (Å²) >= 11 is 0. The summed E-state index contributed by atoms with van der Waals surface area (Å²) in [6.07, 6.45) is 14.5. The molecule has 0 nitrogen and oxygen atoms in total. The van der Waals surface area contributed by atoms with E-state index in [0.717, 1.165) is 18.3 Å². The van der Waals surface area contributed by atoms with Gasteiger partial charge in [-0.25, -0.2) is 0 Å². The molecule has 0 amide bonds. The van der Waals surface area contributed by atoms with Gasteiger partial charge in [-0.2, -0.15) is 0 Å². The van der Waals surface area contributed by atoms with E-state index in [9.17, 15) is 0 Å². The van der Waals surface area contributed by atoms with Gasteiger partial charge in [0.1, 0.15) is 0 Å². The lowest BCUT2D eigenvalue weighted by molar-refractivity contribution is 0.659. The standard InChI is InChI=1S/C19H26/c1-2-8-16-13-7-14-18(15-9-3-4-10-15)19(16)17-11-5-6-12-17/h2,7,13-15,17H,1,3-6,8-12H2. The average Bonchev–Trinajstić information content (AvgIpc) is 3.12. The molecule has 0 spiro atoms. The molecule has 0 heteroatoms. The Morgan fingerprint density at radius 1 is 0.947 bits per heavy atom. The summed E-state index contributed by atoms with van der Waals surface area (Å²) in [5.74, 6) is 1.69. The van der Waals surface area contributed by atoms with Crippen LogP contribution in [0.25, 0.3) is 0 Å². The molecule has 0 heterocycles. The van der Waals surface area contributed by atoms with Crippen LogP contribution in [0.2, 0.25) is 0 Å². The highest BCUT2D eigenvalue weighted by Gasteiger charge is 2.26. The van der Waals surface area contributed by atoms with Gasteiger partial charge in [-0.15, -0.1) is 6.58 Å². The molecule has 2 aliphatic carbocycles. The molecular weight excluding hydrogens is 228 g/mol. The SMILES string of the molecule is C=CCc1cccc(C2CCCC2)c1C1CCCC1. The lowest BCUT2D eigenvalue weighted by Gasteiger charge is -2.23. The summed E-state index contributed by atoms with van der Waals surface area (Å²) in [6.45, 7) is 3.95. The molecule has 1 aromatic carbocycles. The fourth-order valence-electron chi connectivity index (χ4n) is 4.27. The van der Waals surface area contributed by atoms with Crippen molar-refractivity contribution < 1.29 is 0 Å². The van der Waals surface area contributed by atoms with Gasteiger partial charge in [0.05, 0.1) is 0 Å². The van der Waals surface area contributed by atoms with Crippen LogP contribution >= 0.6 is 0 Å². The predicted molar refractivity (Wildman–Crippen MR) is 82.8 cm³/mol. The van der Waals surface area contributed by atoms with E-state index in [0.29, 0.717) is 0 Å². The number of rotatable bonds is 4. The molecule has 0 aromatic heterocycles. The fraction of sp³-hybridized carbons (Fsp3) is 0.579. The van der Waals surface area contributed by atoms with Gasteiger partial charge < -0.3 is 0 Å². The van der Waals surface area contributed by atoms with E-state index < -0.39 is 0 Å². The molecule has 0 bridgehead atoms. The summed E-state index contributed by atoms with van der Waals surface area (Å²) in [6, 6.07) is 7.05. The molecule has 2 aliphatic rings. The monoisotopic (exact) mass is 254 g/mol. The minimum atomic E-state index is 0.840. The first-order valence-corrected chi connectivity index (χ1v) is 8.12. The summed E-state index contributed by atoms with van der Waals surface area (Å²) in [4.78, 5) is 0. The van der Waals surface area contributed by atoms with E-state index in [1.54, 1.807) is 16.7 Å². The molecule has 0 aliphatic heterocycles. The van der Waals surface area contributed by atoms with Crippen molar-refractivity contribution in [2.45, 2.75) is 69.6 Å². The van der Waals surface area contributed by atoms with Crippen molar-refractivity contribution in [1.29, 1.82) is 0 Å². The van der Waals surface area contributed by atoms with Gasteiger partial charge >= 0.3 is 0 Å². The van der Waals surface area contributed by atoms with Gasteiger partial charge in [0.25, 0.3) is 0 Å². The zero-order valence-corrected chi connectivity index (χ0v) is 12.0. The molecule has 2 saturated carbocycles. The van der Waals surface area contributed by atoms with Crippen molar-refractivity contribution in [3.8, 4) is 0 Å². The zero-order valence-electron chi connectivity index (χ0n) is 12.0. The number of hydrogen-bond donors (Lipinski definition) is 0. The highest BCUT2D eigenvalue weighted by molar-refractivity contribution is 5.42. The summed E-state index contributed by atoms with van der Waals surface area (Å²) in [7, 11) is 0. The van der Waals surface area contributed by atoms with Gasteiger partial charge in [-0.05, 0) is 60.6 Å². The van der Waals surface area contributed by atoms with Crippen LogP contribution in [0.5, 0.6) is 0 Å². The topological polar surface area (TPSA) is 0 Å². The van der Waals surface area contributed by atoms with Crippen molar-refractivity contribution in [2.75, 3.05) is 0 Å². The van der Waals surface area contributed by atoms with E-state index in [2.05, 4.69) is 30.9 Å². The van der Waals surface area contributed by atoms with Crippen LogP contribution in [-0.4, -0.2) is 0 Å². The molecule has 19 heavy (non-hydrogen) atoms. The maximum absolute atomic E-state index is 3.95. The minimum Gasteiger partial charge on any atom is -0.103 e. The van der Waals surface area contributed by atoms with Crippen molar-refractivity contribution in [2.24, 2.45) is 0 Å². The summed E-state index contributed by atoms with van der Waals surface area (Å²) < 4.78 is 0. The molecule has 0 atom stereocenters. The Bertz CT molecular complexity index is 431. The van der Waals surface area contributed by atoms with E-state index >= 15 is 0 Å². The van der Waals surface area contributed by atoms with Crippen LogP contribution in [0.15, 0.2) is 30.9 Å². The van der Waals surface area contributed by atoms with E-state index in [-0.39, 0.29) is 0 Å². The Hall–Kier alpha value is -1.04. The van der Waals surface area contributed by atoms with Crippen molar-refractivity contribution in [3.05, 3.63) is 47.5 Å². The minimum absolute atomic E-state index is 0.840. The van der Waals surface area contributed by atoms with E-state index in [1.165, 1.54) is 51.4 Å². The third-order valence-electron chi connectivity index (χ3n) is 5.15. The Morgan fingerprint density at radius 3 is 2.21 bits per heavy atom. The normalized spacial score (nSPS) is 21.1. The molecule has 0 saturated heterocycles. The number of benzene rings is 1. The Labute approximate surface area is 117 Å². The second-order valence-electron chi connectivity index (χ2n) is 6.38. The predicted octanol–water partition coefficient (Wildman–Crippen LogP) is 5.73. The first-order valence-electron chi connectivity index (χ1n) is 8.12. The average molecular weight is 254 g/mol. The third kappa shape index (κ3) is 2.63. The highest BCUT2D eigenvalue weighted by atomic mass is 14.3. The van der Waals surface area contributed by atoms with Crippen LogP contribution in [0.3, 0.4) is 0 Å². The van der Waals surface area contributed by atoms with Crippen molar-refractivity contribution in [3.63, 3.8) is 0 Å². The first-order chi connectivity index (χ1) is 9.40. The van der Waals surface area contributed by atoms with E-state index in [4.69, 9.17) is 0 Å². The second-order valence-corrected chi connectivity index (χ2v) is 6.38. The molecule has 0 unspecified atom stereocenters. The van der Waals surface area contributed by atoms with E-state index in [1.807, 2.05) is 0 Å². The maximum atomic E-state index is 3.95. The Morgan fingerprint density at radius 2 is 1.58 bits per heavy atom. The van der Waals surface area contributed by atoms with Crippen molar-refractivity contribution in [1.82, 2.24) is 0 Å². The molecular formula is C19H26. The Balaban J connectivity index is 2.00. The number of hydrogen-bond acceptors (Lipinski definition) is 0. The lowest BCUT2D eigenvalue weighted by atomic mass is 9.82. The lowest BCUT2D eigenvalue weighted by Crippen LogP contribution is -2.07. The van der Waals surface area contributed by atoms with Gasteiger partial charge in [0.2, 0.25) is 0 Å². The zero-order chi connectivity index (χ0) is 13.1.